The Morgan fingerprint density at radius 3 is 2.45 bits per heavy atom. The predicted octanol–water partition coefficient (Wildman–Crippen LogP) is 5.59. The van der Waals surface area contributed by atoms with E-state index < -0.39 is 0 Å². The number of ether oxygens (including phenoxy) is 2. The highest BCUT2D eigenvalue weighted by Crippen LogP contribution is 2.42. The summed E-state index contributed by atoms with van der Waals surface area (Å²) in [7, 11) is 3.26. The molecule has 4 rings (SSSR count). The molecule has 0 radical (unpaired) electrons. The molecule has 0 aliphatic carbocycles. The van der Waals surface area contributed by atoms with Crippen molar-refractivity contribution in [1.29, 1.82) is 0 Å². The third-order valence-corrected chi connectivity index (χ3v) is 6.12. The third-order valence-electron chi connectivity index (χ3n) is 6.12. The topological polar surface area (TPSA) is 63.4 Å². The van der Waals surface area contributed by atoms with E-state index in [0.29, 0.717) is 24.5 Å². The van der Waals surface area contributed by atoms with Crippen LogP contribution in [0.4, 0.5) is 0 Å². The van der Waals surface area contributed by atoms with Gasteiger partial charge in [0.25, 0.3) is 0 Å². The van der Waals surface area contributed by atoms with Gasteiger partial charge in [-0.05, 0) is 29.2 Å². The average Bonchev–Trinajstić information content (AvgIpc) is 3.30. The van der Waals surface area contributed by atoms with Crippen LogP contribution in [0.15, 0.2) is 72.9 Å². The van der Waals surface area contributed by atoms with Crippen LogP contribution in [0, 0.1) is 0 Å². The summed E-state index contributed by atoms with van der Waals surface area (Å²) >= 11 is 0. The molecule has 0 aliphatic heterocycles. The molecule has 0 aliphatic rings. The fourth-order valence-corrected chi connectivity index (χ4v) is 4.45. The largest absolute Gasteiger partial charge is 0.493 e. The Hall–Kier alpha value is -3.73. The zero-order valence-corrected chi connectivity index (χ0v) is 19.4. The molecule has 1 amide bonds. The number of hydrogen-bond acceptors (Lipinski definition) is 3. The van der Waals surface area contributed by atoms with Crippen LogP contribution in [-0.4, -0.2) is 25.1 Å². The number of aryl methyl sites for hydroxylation is 1. The van der Waals surface area contributed by atoms with E-state index in [4.69, 9.17) is 9.47 Å². The normalized spacial score (nSPS) is 11.8. The van der Waals surface area contributed by atoms with Gasteiger partial charge in [0, 0.05) is 41.5 Å². The lowest BCUT2D eigenvalue weighted by molar-refractivity contribution is -0.121. The molecule has 1 unspecified atom stereocenters. The number of carbonyl (C=O) groups excluding carboxylic acids is 1. The van der Waals surface area contributed by atoms with Gasteiger partial charge in [-0.2, -0.15) is 0 Å². The van der Waals surface area contributed by atoms with Crippen LogP contribution in [0.5, 0.6) is 11.5 Å². The lowest BCUT2D eigenvalue weighted by Gasteiger charge is -2.21. The van der Waals surface area contributed by atoms with Gasteiger partial charge < -0.3 is 19.8 Å². The molecular weight excluding hydrogens is 412 g/mol. The van der Waals surface area contributed by atoms with Gasteiger partial charge in [-0.1, -0.05) is 67.6 Å². The number of para-hydroxylation sites is 2. The van der Waals surface area contributed by atoms with Crippen molar-refractivity contribution in [3.63, 3.8) is 0 Å². The van der Waals surface area contributed by atoms with E-state index in [-0.39, 0.29) is 11.8 Å². The number of methoxy groups -OCH3 is 2. The molecule has 1 aromatic heterocycles. The number of rotatable bonds is 9. The molecule has 0 spiro atoms. The summed E-state index contributed by atoms with van der Waals surface area (Å²) in [6.45, 7) is 2.64. The highest BCUT2D eigenvalue weighted by molar-refractivity contribution is 5.88. The summed E-state index contributed by atoms with van der Waals surface area (Å²) in [6.07, 6.45) is 3.25. The highest BCUT2D eigenvalue weighted by atomic mass is 16.5. The zero-order chi connectivity index (χ0) is 23.2. The van der Waals surface area contributed by atoms with Crippen LogP contribution in [0.25, 0.3) is 10.9 Å². The van der Waals surface area contributed by atoms with Gasteiger partial charge in [0.1, 0.15) is 0 Å². The fraction of sp³-hybridized carbons (Fsp3) is 0.250. The number of H-pyrrole nitrogens is 1. The zero-order valence-electron chi connectivity index (χ0n) is 19.4. The smallest absolute Gasteiger partial charge is 0.221 e. The van der Waals surface area contributed by atoms with Crippen molar-refractivity contribution < 1.29 is 14.3 Å². The second-order valence-electron chi connectivity index (χ2n) is 8.04. The van der Waals surface area contributed by atoms with E-state index in [1.165, 1.54) is 5.56 Å². The van der Waals surface area contributed by atoms with Crippen LogP contribution >= 0.6 is 0 Å². The van der Waals surface area contributed by atoms with Gasteiger partial charge in [0.05, 0.1) is 14.2 Å². The van der Waals surface area contributed by atoms with Crippen molar-refractivity contribution in [2.24, 2.45) is 0 Å². The molecule has 0 fully saturated rings. The number of aromatic nitrogens is 1. The second kappa shape index (κ2) is 10.3. The van der Waals surface area contributed by atoms with Crippen molar-refractivity contribution in [1.82, 2.24) is 10.3 Å². The standard InChI is InChI=1S/C28H30N2O3/c1-4-20-12-8-13-21-24(18-30-27(20)21)23(22-14-9-15-25(32-2)28(22)33-3)16-26(31)29-17-19-10-6-5-7-11-19/h5-15,18,23,30H,4,16-17H2,1-3H3,(H,29,31). The van der Waals surface area contributed by atoms with Crippen molar-refractivity contribution in [3.8, 4) is 11.5 Å². The van der Waals surface area contributed by atoms with E-state index in [1.54, 1.807) is 14.2 Å². The third kappa shape index (κ3) is 4.72. The van der Waals surface area contributed by atoms with Gasteiger partial charge in [0.15, 0.2) is 11.5 Å². The summed E-state index contributed by atoms with van der Waals surface area (Å²) in [6, 6.07) is 22.1. The first-order valence-corrected chi connectivity index (χ1v) is 11.3. The summed E-state index contributed by atoms with van der Waals surface area (Å²) in [4.78, 5) is 16.6. The van der Waals surface area contributed by atoms with Crippen molar-refractivity contribution in [3.05, 3.63) is 95.2 Å². The number of aromatic amines is 1. The van der Waals surface area contributed by atoms with Crippen LogP contribution in [-0.2, 0) is 17.8 Å². The predicted molar refractivity (Wildman–Crippen MR) is 132 cm³/mol. The number of hydrogen-bond donors (Lipinski definition) is 2. The van der Waals surface area contributed by atoms with Crippen molar-refractivity contribution in [2.75, 3.05) is 14.2 Å². The van der Waals surface area contributed by atoms with E-state index in [2.05, 4.69) is 35.4 Å². The first-order valence-electron chi connectivity index (χ1n) is 11.3. The Labute approximate surface area is 194 Å². The van der Waals surface area contributed by atoms with Gasteiger partial charge in [0.2, 0.25) is 5.91 Å². The molecule has 0 bridgehead atoms. The maximum absolute atomic E-state index is 13.1. The summed E-state index contributed by atoms with van der Waals surface area (Å²) < 4.78 is 11.3. The van der Waals surface area contributed by atoms with Crippen LogP contribution in [0.3, 0.4) is 0 Å². The lowest BCUT2D eigenvalue weighted by atomic mass is 9.86. The summed E-state index contributed by atoms with van der Waals surface area (Å²) in [5.74, 6) is 1.09. The van der Waals surface area contributed by atoms with Crippen LogP contribution < -0.4 is 14.8 Å². The van der Waals surface area contributed by atoms with Gasteiger partial charge in [-0.3, -0.25) is 4.79 Å². The SMILES string of the molecule is CCc1cccc2c(C(CC(=O)NCc3ccccc3)c3cccc(OC)c3OC)c[nH]c12. The summed E-state index contributed by atoms with van der Waals surface area (Å²) in [5, 5.41) is 4.20. The van der Waals surface area contributed by atoms with Crippen LogP contribution in [0.2, 0.25) is 0 Å². The minimum absolute atomic E-state index is 0.0188. The maximum atomic E-state index is 13.1. The quantitative estimate of drug-likeness (QED) is 0.355. The van der Waals surface area contributed by atoms with E-state index >= 15 is 0 Å². The number of benzene rings is 3. The average molecular weight is 443 g/mol. The molecular formula is C28H30N2O3. The van der Waals surface area contributed by atoms with Gasteiger partial charge in [-0.25, -0.2) is 0 Å². The first kappa shape index (κ1) is 22.5. The van der Waals surface area contributed by atoms with E-state index in [1.807, 2.05) is 54.7 Å². The molecule has 0 saturated carbocycles. The minimum Gasteiger partial charge on any atom is -0.493 e. The molecule has 4 aromatic rings. The molecule has 170 valence electrons. The second-order valence-corrected chi connectivity index (χ2v) is 8.04. The minimum atomic E-state index is -0.202. The van der Waals surface area contributed by atoms with Crippen molar-refractivity contribution >= 4 is 16.8 Å². The highest BCUT2D eigenvalue weighted by Gasteiger charge is 2.26. The Bertz CT molecular complexity index is 1230. The van der Waals surface area contributed by atoms with E-state index in [0.717, 1.165) is 34.0 Å². The molecule has 5 nitrogen and oxygen atoms in total. The Balaban J connectivity index is 1.73. The van der Waals surface area contributed by atoms with E-state index in [9.17, 15) is 4.79 Å². The van der Waals surface area contributed by atoms with Crippen LogP contribution in [0.1, 0.15) is 41.5 Å². The maximum Gasteiger partial charge on any atom is 0.221 e. The Morgan fingerprint density at radius 2 is 1.73 bits per heavy atom. The monoisotopic (exact) mass is 442 g/mol. The molecule has 3 aromatic carbocycles. The molecule has 0 saturated heterocycles. The molecule has 5 heteroatoms. The molecule has 2 N–H and O–H groups in total. The van der Waals surface area contributed by atoms with Gasteiger partial charge >= 0.3 is 0 Å². The number of fused-ring (bicyclic) bond motifs is 1. The Kier molecular flexibility index (Phi) is 6.98. The number of nitrogens with one attached hydrogen (secondary N) is 2. The fourth-order valence-electron chi connectivity index (χ4n) is 4.45. The lowest BCUT2D eigenvalue weighted by Crippen LogP contribution is -2.25. The molecule has 1 atom stereocenters. The molecule has 1 heterocycles. The number of amides is 1. The summed E-state index contributed by atoms with van der Waals surface area (Å²) in [5.41, 5.74) is 5.44. The molecule has 33 heavy (non-hydrogen) atoms. The Morgan fingerprint density at radius 1 is 0.939 bits per heavy atom. The number of carbonyl (C=O) groups is 1. The first-order chi connectivity index (χ1) is 16.2. The van der Waals surface area contributed by atoms with Gasteiger partial charge in [-0.15, -0.1) is 0 Å². The van der Waals surface area contributed by atoms with Crippen molar-refractivity contribution in [2.45, 2.75) is 32.2 Å².